The molecule has 1 N–H and O–H groups in total. The zero-order chi connectivity index (χ0) is 19.2. The molecule has 6 nitrogen and oxygen atoms in total. The average Bonchev–Trinajstić information content (AvgIpc) is 3.07. The molecule has 1 aromatic rings. The Balaban J connectivity index is 1.76. The molecular formula is C20H28N2O4. The molecular weight excluding hydrogens is 332 g/mol. The number of Topliss-reactive ketones (excluding diaryl/α,β-unsaturated/α-hetero) is 1. The summed E-state index contributed by atoms with van der Waals surface area (Å²) in [5.74, 6) is -0.884. The highest BCUT2D eigenvalue weighted by Crippen LogP contribution is 2.22. The summed E-state index contributed by atoms with van der Waals surface area (Å²) in [5, 5.41) is 2.71. The second-order valence-corrected chi connectivity index (χ2v) is 7.63. The van der Waals surface area contributed by atoms with E-state index in [-0.39, 0.29) is 12.6 Å². The first-order chi connectivity index (χ1) is 12.3. The van der Waals surface area contributed by atoms with Crippen molar-refractivity contribution in [2.75, 3.05) is 19.7 Å². The summed E-state index contributed by atoms with van der Waals surface area (Å²) in [6.07, 6.45) is 1.78. The molecule has 1 aromatic carbocycles. The van der Waals surface area contributed by atoms with Crippen molar-refractivity contribution in [1.29, 1.82) is 0 Å². The fourth-order valence-electron chi connectivity index (χ4n) is 2.90. The van der Waals surface area contributed by atoms with Crippen LogP contribution in [0, 0.1) is 5.41 Å². The zero-order valence-corrected chi connectivity index (χ0v) is 15.8. The van der Waals surface area contributed by atoms with E-state index in [1.165, 1.54) is 0 Å². The minimum absolute atomic E-state index is 0.111. The van der Waals surface area contributed by atoms with Crippen LogP contribution in [0.5, 0.6) is 0 Å². The van der Waals surface area contributed by atoms with Crippen molar-refractivity contribution in [3.05, 3.63) is 35.9 Å². The van der Waals surface area contributed by atoms with E-state index in [0.717, 1.165) is 24.8 Å². The number of nitrogens with zero attached hydrogens (tertiary/aromatic N) is 1. The Hall–Kier alpha value is -2.37. The molecule has 0 bridgehead atoms. The third kappa shape index (κ3) is 5.58. The Morgan fingerprint density at radius 1 is 1.19 bits per heavy atom. The maximum Gasteiger partial charge on any atom is 0.407 e. The second kappa shape index (κ2) is 8.83. The summed E-state index contributed by atoms with van der Waals surface area (Å²) in [6.45, 7) is 6.32. The number of nitrogens with one attached hydrogen (secondary N) is 1. The van der Waals surface area contributed by atoms with Gasteiger partial charge >= 0.3 is 6.09 Å². The lowest BCUT2D eigenvalue weighted by molar-refractivity contribution is -0.149. The number of alkyl carbamates (subject to hydrolysis) is 1. The molecule has 0 aliphatic carbocycles. The molecule has 0 aromatic heterocycles. The second-order valence-electron chi connectivity index (χ2n) is 7.63. The number of carbonyl (C=O) groups is 3. The number of benzene rings is 1. The highest BCUT2D eigenvalue weighted by molar-refractivity contribution is 6.37. The smallest absolute Gasteiger partial charge is 0.407 e. The van der Waals surface area contributed by atoms with Gasteiger partial charge in [0.05, 0.1) is 6.04 Å². The lowest BCUT2D eigenvalue weighted by atomic mass is 9.90. The normalized spacial score (nSPS) is 17.0. The van der Waals surface area contributed by atoms with E-state index in [1.807, 2.05) is 30.3 Å². The van der Waals surface area contributed by atoms with Crippen molar-refractivity contribution in [3.63, 3.8) is 0 Å². The number of hydrogen-bond donors (Lipinski definition) is 1. The van der Waals surface area contributed by atoms with Gasteiger partial charge in [-0.05, 0) is 24.8 Å². The van der Waals surface area contributed by atoms with Crippen LogP contribution in [0.2, 0.25) is 0 Å². The Labute approximate surface area is 154 Å². The summed E-state index contributed by atoms with van der Waals surface area (Å²) < 4.78 is 5.25. The molecule has 0 radical (unpaired) electrons. The largest absolute Gasteiger partial charge is 0.447 e. The van der Waals surface area contributed by atoms with Crippen molar-refractivity contribution in [3.8, 4) is 0 Å². The van der Waals surface area contributed by atoms with Crippen LogP contribution in [0.4, 0.5) is 4.79 Å². The van der Waals surface area contributed by atoms with Crippen LogP contribution in [0.1, 0.15) is 39.2 Å². The number of ether oxygens (including phenoxy) is 1. The van der Waals surface area contributed by atoms with Gasteiger partial charge in [-0.1, -0.05) is 51.1 Å². The van der Waals surface area contributed by atoms with E-state index in [1.54, 1.807) is 25.7 Å². The van der Waals surface area contributed by atoms with E-state index in [4.69, 9.17) is 4.74 Å². The summed E-state index contributed by atoms with van der Waals surface area (Å²) in [7, 11) is 0. The van der Waals surface area contributed by atoms with Crippen molar-refractivity contribution in [2.24, 2.45) is 5.41 Å². The molecule has 0 unspecified atom stereocenters. The third-order valence-electron chi connectivity index (χ3n) is 4.45. The number of hydrogen-bond acceptors (Lipinski definition) is 4. The molecule has 1 fully saturated rings. The highest BCUT2D eigenvalue weighted by atomic mass is 16.5. The lowest BCUT2D eigenvalue weighted by Crippen LogP contribution is -2.46. The zero-order valence-electron chi connectivity index (χ0n) is 15.8. The number of ketones is 1. The van der Waals surface area contributed by atoms with E-state index in [9.17, 15) is 14.4 Å². The van der Waals surface area contributed by atoms with Crippen LogP contribution in [0.3, 0.4) is 0 Å². The third-order valence-corrected chi connectivity index (χ3v) is 4.45. The first-order valence-electron chi connectivity index (χ1n) is 9.09. The van der Waals surface area contributed by atoms with Crippen molar-refractivity contribution in [1.82, 2.24) is 10.2 Å². The van der Waals surface area contributed by atoms with E-state index in [0.29, 0.717) is 13.1 Å². The van der Waals surface area contributed by atoms with E-state index in [2.05, 4.69) is 5.32 Å². The molecule has 6 heteroatoms. The molecule has 0 spiro atoms. The predicted molar refractivity (Wildman–Crippen MR) is 98.7 cm³/mol. The molecule has 142 valence electrons. The first kappa shape index (κ1) is 19.9. The quantitative estimate of drug-likeness (QED) is 0.791. The van der Waals surface area contributed by atoms with Gasteiger partial charge in [-0.25, -0.2) is 4.79 Å². The van der Waals surface area contributed by atoms with Crippen LogP contribution >= 0.6 is 0 Å². The molecule has 0 saturated carbocycles. The molecule has 2 rings (SSSR count). The van der Waals surface area contributed by atoms with Gasteiger partial charge in [0.2, 0.25) is 5.78 Å². The van der Waals surface area contributed by atoms with E-state index < -0.39 is 23.2 Å². The maximum absolute atomic E-state index is 12.4. The summed E-state index contributed by atoms with van der Waals surface area (Å²) in [5.41, 5.74) is 0.431. The molecule has 2 amide bonds. The van der Waals surface area contributed by atoms with Crippen LogP contribution < -0.4 is 5.32 Å². The first-order valence-corrected chi connectivity index (χ1v) is 9.09. The van der Waals surface area contributed by atoms with Crippen LogP contribution in [0.25, 0.3) is 0 Å². The number of rotatable bonds is 6. The van der Waals surface area contributed by atoms with Crippen LogP contribution in [-0.2, 0) is 20.7 Å². The van der Waals surface area contributed by atoms with Crippen molar-refractivity contribution < 1.29 is 19.1 Å². The number of amides is 2. The lowest BCUT2D eigenvalue weighted by Gasteiger charge is -2.26. The summed E-state index contributed by atoms with van der Waals surface area (Å²) >= 11 is 0. The standard InChI is InChI=1S/C20H28N2O4/c1-20(2,3)17(23)18(24)22-13-7-10-16(22)14-26-19(25)21-12-11-15-8-5-4-6-9-15/h4-6,8-9,16H,7,10-14H2,1-3H3,(H,21,25)/t16-/m0/s1. The van der Waals surface area contributed by atoms with Crippen molar-refractivity contribution >= 4 is 17.8 Å². The fraction of sp³-hybridized carbons (Fsp3) is 0.550. The number of likely N-dealkylation sites (tertiary alicyclic amines) is 1. The van der Waals surface area contributed by atoms with Crippen LogP contribution in [0.15, 0.2) is 30.3 Å². The molecule has 1 aliphatic rings. The van der Waals surface area contributed by atoms with Gasteiger partial charge in [0.25, 0.3) is 5.91 Å². The van der Waals surface area contributed by atoms with Gasteiger partial charge in [0.15, 0.2) is 0 Å². The van der Waals surface area contributed by atoms with Gasteiger partial charge in [0, 0.05) is 18.5 Å². The molecule has 1 heterocycles. The molecule has 1 atom stereocenters. The predicted octanol–water partition coefficient (Wildman–Crippen LogP) is 2.56. The Morgan fingerprint density at radius 3 is 2.54 bits per heavy atom. The summed E-state index contributed by atoms with van der Waals surface area (Å²) in [4.78, 5) is 38.0. The minimum atomic E-state index is -0.708. The monoisotopic (exact) mass is 360 g/mol. The van der Waals surface area contributed by atoms with Gasteiger partial charge in [-0.3, -0.25) is 9.59 Å². The fourth-order valence-corrected chi connectivity index (χ4v) is 2.90. The SMILES string of the molecule is CC(C)(C)C(=O)C(=O)N1CCC[C@H]1COC(=O)NCCc1ccccc1. The summed E-state index contributed by atoms with van der Waals surface area (Å²) in [6, 6.07) is 9.64. The van der Waals surface area contributed by atoms with Gasteiger partial charge in [-0.2, -0.15) is 0 Å². The van der Waals surface area contributed by atoms with E-state index >= 15 is 0 Å². The number of carbonyl (C=O) groups excluding carboxylic acids is 3. The van der Waals surface area contributed by atoms with Crippen molar-refractivity contribution in [2.45, 2.75) is 46.1 Å². The Morgan fingerprint density at radius 2 is 1.88 bits per heavy atom. The minimum Gasteiger partial charge on any atom is -0.447 e. The van der Waals surface area contributed by atoms with Crippen LogP contribution in [-0.4, -0.2) is 48.4 Å². The van der Waals surface area contributed by atoms with Gasteiger partial charge in [-0.15, -0.1) is 0 Å². The maximum atomic E-state index is 12.4. The molecule has 1 saturated heterocycles. The Bertz CT molecular complexity index is 637. The Kier molecular flexibility index (Phi) is 6.77. The topological polar surface area (TPSA) is 75.7 Å². The van der Waals surface area contributed by atoms with Gasteiger partial charge < -0.3 is 15.0 Å². The molecule has 1 aliphatic heterocycles. The average molecular weight is 360 g/mol. The van der Waals surface area contributed by atoms with Gasteiger partial charge in [0.1, 0.15) is 6.61 Å². The highest BCUT2D eigenvalue weighted by Gasteiger charge is 2.37. The molecule has 26 heavy (non-hydrogen) atoms.